The molecule has 8 aromatic carbocycles. The topological polar surface area (TPSA) is 38.7 Å². The summed E-state index contributed by atoms with van der Waals surface area (Å²) in [6.45, 7) is 0. The fraction of sp³-hybridized carbons (Fsp3) is 0. The van der Waals surface area contributed by atoms with Crippen LogP contribution in [0.2, 0.25) is 0 Å². The summed E-state index contributed by atoms with van der Waals surface area (Å²) >= 11 is 0. The van der Waals surface area contributed by atoms with E-state index < -0.39 is 0 Å². The maximum Gasteiger partial charge on any atom is 0.164 e. The van der Waals surface area contributed by atoms with E-state index in [1.165, 1.54) is 49.2 Å². The van der Waals surface area contributed by atoms with Gasteiger partial charge in [-0.1, -0.05) is 170 Å². The molecule has 48 heavy (non-hydrogen) atoms. The molecular formula is C45H29N3. The molecule has 0 amide bonds. The summed E-state index contributed by atoms with van der Waals surface area (Å²) in [5, 5.41) is 7.22. The molecule has 0 aliphatic heterocycles. The molecule has 0 bridgehead atoms. The molecule has 0 spiro atoms. The van der Waals surface area contributed by atoms with Gasteiger partial charge in [-0.15, -0.1) is 0 Å². The first kappa shape index (κ1) is 27.8. The van der Waals surface area contributed by atoms with Gasteiger partial charge in [-0.3, -0.25) is 0 Å². The SMILES string of the molecule is c1ccc(-c2nc(-c3ccccc3)nc(-c3ccc4c(-c5ccccc5)c5ccccc5c(-c5cccc6ccccc56)c4c3)n2)cc1. The number of hydrogen-bond acceptors (Lipinski definition) is 3. The largest absolute Gasteiger partial charge is 0.208 e. The van der Waals surface area contributed by atoms with Gasteiger partial charge in [0, 0.05) is 16.7 Å². The minimum Gasteiger partial charge on any atom is -0.208 e. The normalized spacial score (nSPS) is 11.3. The van der Waals surface area contributed by atoms with Gasteiger partial charge in [0.15, 0.2) is 17.5 Å². The van der Waals surface area contributed by atoms with Gasteiger partial charge in [-0.25, -0.2) is 15.0 Å². The van der Waals surface area contributed by atoms with Crippen molar-refractivity contribution in [2.24, 2.45) is 0 Å². The van der Waals surface area contributed by atoms with Gasteiger partial charge in [-0.05, 0) is 60.6 Å². The number of fused-ring (bicyclic) bond motifs is 3. The van der Waals surface area contributed by atoms with Crippen LogP contribution in [0.25, 0.3) is 88.7 Å². The molecule has 3 heteroatoms. The molecule has 0 saturated heterocycles. The predicted octanol–water partition coefficient (Wildman–Crippen LogP) is 11.7. The Bertz CT molecular complexity index is 2530. The van der Waals surface area contributed by atoms with Crippen LogP contribution in [0.1, 0.15) is 0 Å². The Morgan fingerprint density at radius 3 is 1.35 bits per heavy atom. The van der Waals surface area contributed by atoms with Crippen LogP contribution in [0.3, 0.4) is 0 Å². The highest BCUT2D eigenvalue weighted by Crippen LogP contribution is 2.46. The Morgan fingerprint density at radius 1 is 0.271 bits per heavy atom. The minimum absolute atomic E-state index is 0.642. The van der Waals surface area contributed by atoms with E-state index >= 15 is 0 Å². The number of aromatic nitrogens is 3. The molecule has 0 aliphatic carbocycles. The molecule has 0 N–H and O–H groups in total. The molecule has 224 valence electrons. The third-order valence-corrected chi connectivity index (χ3v) is 9.10. The van der Waals surface area contributed by atoms with Gasteiger partial charge in [-0.2, -0.15) is 0 Å². The van der Waals surface area contributed by atoms with E-state index in [4.69, 9.17) is 15.0 Å². The van der Waals surface area contributed by atoms with Crippen molar-refractivity contribution in [3.05, 3.63) is 176 Å². The standard InChI is InChI=1S/C45H29N3/c1-4-16-31(17-5-1)41-37-24-12-13-25-38(37)42(36-26-14-22-30-15-10-11-23-35(30)36)40-29-34(27-28-39(40)41)45-47-43(32-18-6-2-7-19-32)46-44(48-45)33-20-8-3-9-21-33/h1-29H. The van der Waals surface area contributed by atoms with Crippen molar-refractivity contribution in [2.45, 2.75) is 0 Å². The summed E-state index contributed by atoms with van der Waals surface area (Å²) < 4.78 is 0. The van der Waals surface area contributed by atoms with E-state index in [0.717, 1.165) is 22.1 Å². The van der Waals surface area contributed by atoms with E-state index in [1.807, 2.05) is 60.7 Å². The van der Waals surface area contributed by atoms with E-state index in [2.05, 4.69) is 115 Å². The van der Waals surface area contributed by atoms with Gasteiger partial charge < -0.3 is 0 Å². The molecular weight excluding hydrogens is 583 g/mol. The van der Waals surface area contributed by atoms with Gasteiger partial charge in [0.1, 0.15) is 0 Å². The molecule has 1 aromatic heterocycles. The number of nitrogens with zero attached hydrogens (tertiary/aromatic N) is 3. The zero-order chi connectivity index (χ0) is 31.9. The quantitative estimate of drug-likeness (QED) is 0.182. The molecule has 0 atom stereocenters. The Hall–Kier alpha value is -6.45. The van der Waals surface area contributed by atoms with Crippen LogP contribution in [0.4, 0.5) is 0 Å². The lowest BCUT2D eigenvalue weighted by molar-refractivity contribution is 1.07. The lowest BCUT2D eigenvalue weighted by atomic mass is 9.84. The van der Waals surface area contributed by atoms with Crippen molar-refractivity contribution in [3.63, 3.8) is 0 Å². The van der Waals surface area contributed by atoms with Crippen LogP contribution in [0.15, 0.2) is 176 Å². The highest BCUT2D eigenvalue weighted by molar-refractivity contribution is 6.24. The fourth-order valence-corrected chi connectivity index (χ4v) is 6.90. The van der Waals surface area contributed by atoms with Crippen LogP contribution in [-0.4, -0.2) is 15.0 Å². The summed E-state index contributed by atoms with van der Waals surface area (Å²) in [5.41, 5.74) is 7.67. The molecule has 0 unspecified atom stereocenters. The molecule has 0 fully saturated rings. The number of benzene rings is 8. The first-order valence-electron chi connectivity index (χ1n) is 16.2. The van der Waals surface area contributed by atoms with Crippen molar-refractivity contribution in [2.75, 3.05) is 0 Å². The zero-order valence-electron chi connectivity index (χ0n) is 26.1. The van der Waals surface area contributed by atoms with Crippen molar-refractivity contribution in [3.8, 4) is 56.4 Å². The summed E-state index contributed by atoms with van der Waals surface area (Å²) in [6, 6.07) is 61.7. The van der Waals surface area contributed by atoms with Crippen LogP contribution in [0, 0.1) is 0 Å². The average molecular weight is 612 g/mol. The smallest absolute Gasteiger partial charge is 0.164 e. The third-order valence-electron chi connectivity index (χ3n) is 9.10. The van der Waals surface area contributed by atoms with Crippen LogP contribution >= 0.6 is 0 Å². The first-order chi connectivity index (χ1) is 23.8. The van der Waals surface area contributed by atoms with Crippen LogP contribution in [0.5, 0.6) is 0 Å². The molecule has 1 heterocycles. The average Bonchev–Trinajstić information content (AvgIpc) is 3.17. The summed E-state index contributed by atoms with van der Waals surface area (Å²) in [5.74, 6) is 1.94. The summed E-state index contributed by atoms with van der Waals surface area (Å²) in [4.78, 5) is 15.1. The highest BCUT2D eigenvalue weighted by Gasteiger charge is 2.20. The van der Waals surface area contributed by atoms with E-state index in [0.29, 0.717) is 17.5 Å². The molecule has 9 aromatic rings. The third kappa shape index (κ3) is 4.81. The lowest BCUT2D eigenvalue weighted by Gasteiger charge is -2.19. The Morgan fingerprint density at radius 2 is 0.729 bits per heavy atom. The van der Waals surface area contributed by atoms with E-state index in [1.54, 1.807) is 0 Å². The van der Waals surface area contributed by atoms with Crippen molar-refractivity contribution >= 4 is 32.3 Å². The molecule has 0 aliphatic rings. The van der Waals surface area contributed by atoms with Crippen molar-refractivity contribution in [1.82, 2.24) is 15.0 Å². The minimum atomic E-state index is 0.642. The maximum absolute atomic E-state index is 5.08. The first-order valence-corrected chi connectivity index (χ1v) is 16.2. The highest BCUT2D eigenvalue weighted by atomic mass is 15.0. The Balaban J connectivity index is 1.39. The van der Waals surface area contributed by atoms with Gasteiger partial charge >= 0.3 is 0 Å². The van der Waals surface area contributed by atoms with Gasteiger partial charge in [0.25, 0.3) is 0 Å². The number of hydrogen-bond donors (Lipinski definition) is 0. The van der Waals surface area contributed by atoms with Crippen molar-refractivity contribution < 1.29 is 0 Å². The summed E-state index contributed by atoms with van der Waals surface area (Å²) in [7, 11) is 0. The van der Waals surface area contributed by atoms with E-state index in [9.17, 15) is 0 Å². The van der Waals surface area contributed by atoms with Crippen molar-refractivity contribution in [1.29, 1.82) is 0 Å². The summed E-state index contributed by atoms with van der Waals surface area (Å²) in [6.07, 6.45) is 0. The monoisotopic (exact) mass is 611 g/mol. The second-order valence-corrected chi connectivity index (χ2v) is 12.0. The zero-order valence-corrected chi connectivity index (χ0v) is 26.1. The Labute approximate surface area is 278 Å². The van der Waals surface area contributed by atoms with E-state index in [-0.39, 0.29) is 0 Å². The maximum atomic E-state index is 5.08. The van der Waals surface area contributed by atoms with Gasteiger partial charge in [0.05, 0.1) is 0 Å². The Kier molecular flexibility index (Phi) is 6.80. The molecule has 3 nitrogen and oxygen atoms in total. The predicted molar refractivity (Wildman–Crippen MR) is 200 cm³/mol. The lowest BCUT2D eigenvalue weighted by Crippen LogP contribution is -2.00. The molecule has 0 saturated carbocycles. The van der Waals surface area contributed by atoms with Crippen LogP contribution in [-0.2, 0) is 0 Å². The second-order valence-electron chi connectivity index (χ2n) is 12.0. The molecule has 0 radical (unpaired) electrons. The number of rotatable bonds is 5. The van der Waals surface area contributed by atoms with Crippen LogP contribution < -0.4 is 0 Å². The van der Waals surface area contributed by atoms with Gasteiger partial charge in [0.2, 0.25) is 0 Å². The second kappa shape index (κ2) is 11.7. The molecule has 9 rings (SSSR count). The fourth-order valence-electron chi connectivity index (χ4n) is 6.90.